The predicted octanol–water partition coefficient (Wildman–Crippen LogP) is 2.98. The number of hydrogen-bond acceptors (Lipinski definition) is 5. The summed E-state index contributed by atoms with van der Waals surface area (Å²) < 4.78 is 0. The molecule has 4 rings (SSSR count). The Labute approximate surface area is 148 Å². The Morgan fingerprint density at radius 3 is 2.72 bits per heavy atom. The number of rotatable bonds is 3. The van der Waals surface area contributed by atoms with Crippen molar-refractivity contribution >= 4 is 16.9 Å². The summed E-state index contributed by atoms with van der Waals surface area (Å²) in [4.78, 5) is 18.3. The van der Waals surface area contributed by atoms with E-state index in [1.807, 2.05) is 18.3 Å². The second-order valence-corrected chi connectivity index (χ2v) is 6.84. The molecule has 1 aliphatic heterocycles. The number of anilines is 1. The van der Waals surface area contributed by atoms with Gasteiger partial charge in [-0.15, -0.1) is 0 Å². The molecule has 1 aliphatic rings. The molecule has 3 aromatic rings. The number of pyridine rings is 1. The summed E-state index contributed by atoms with van der Waals surface area (Å²) in [5.41, 5.74) is 3.18. The molecule has 25 heavy (non-hydrogen) atoms. The van der Waals surface area contributed by atoms with Crippen LogP contribution >= 0.6 is 0 Å². The molecule has 0 amide bonds. The molecule has 1 unspecified atom stereocenters. The maximum Gasteiger partial charge on any atom is 0.158 e. The first-order valence-electron chi connectivity index (χ1n) is 8.86. The van der Waals surface area contributed by atoms with Crippen LogP contribution in [0.25, 0.3) is 11.0 Å². The van der Waals surface area contributed by atoms with Gasteiger partial charge in [-0.3, -0.25) is 9.88 Å². The number of aromatic nitrogens is 3. The van der Waals surface area contributed by atoms with Crippen molar-refractivity contribution in [3.05, 3.63) is 60.6 Å². The third-order valence-corrected chi connectivity index (χ3v) is 4.71. The highest BCUT2D eigenvalue weighted by atomic mass is 15.3. The Bertz CT molecular complexity index is 830. The van der Waals surface area contributed by atoms with Crippen molar-refractivity contribution < 1.29 is 0 Å². The van der Waals surface area contributed by atoms with Gasteiger partial charge in [0.1, 0.15) is 11.8 Å². The van der Waals surface area contributed by atoms with Crippen molar-refractivity contribution in [2.45, 2.75) is 13.5 Å². The fourth-order valence-electron chi connectivity index (χ4n) is 3.61. The Morgan fingerprint density at radius 2 is 1.84 bits per heavy atom. The molecule has 5 nitrogen and oxygen atoms in total. The lowest BCUT2D eigenvalue weighted by Crippen LogP contribution is -2.31. The molecular weight excluding hydrogens is 310 g/mol. The topological polar surface area (TPSA) is 45.2 Å². The van der Waals surface area contributed by atoms with Crippen molar-refractivity contribution in [3.8, 4) is 0 Å². The minimum absolute atomic E-state index is 0.569. The maximum absolute atomic E-state index is 4.55. The third kappa shape index (κ3) is 3.61. The van der Waals surface area contributed by atoms with E-state index in [-0.39, 0.29) is 0 Å². The second kappa shape index (κ2) is 7.15. The van der Waals surface area contributed by atoms with Crippen molar-refractivity contribution in [1.29, 1.82) is 0 Å². The van der Waals surface area contributed by atoms with Crippen molar-refractivity contribution in [3.63, 3.8) is 0 Å². The lowest BCUT2D eigenvalue weighted by molar-refractivity contribution is 0.257. The van der Waals surface area contributed by atoms with Gasteiger partial charge in [0.2, 0.25) is 0 Å². The van der Waals surface area contributed by atoms with Crippen LogP contribution in [0.5, 0.6) is 0 Å². The second-order valence-electron chi connectivity index (χ2n) is 6.84. The molecule has 5 heteroatoms. The highest BCUT2D eigenvalue weighted by molar-refractivity contribution is 5.85. The van der Waals surface area contributed by atoms with Crippen LogP contribution < -0.4 is 4.90 Å². The van der Waals surface area contributed by atoms with Crippen LogP contribution in [0, 0.1) is 5.92 Å². The van der Waals surface area contributed by atoms with Crippen LogP contribution in [0.4, 0.5) is 5.82 Å². The molecule has 0 spiro atoms. The normalized spacial score (nSPS) is 19.1. The van der Waals surface area contributed by atoms with Gasteiger partial charge in [-0.1, -0.05) is 37.3 Å². The van der Waals surface area contributed by atoms with Crippen LogP contribution in [-0.4, -0.2) is 46.0 Å². The van der Waals surface area contributed by atoms with Gasteiger partial charge < -0.3 is 4.90 Å². The van der Waals surface area contributed by atoms with E-state index in [1.165, 1.54) is 5.56 Å². The minimum Gasteiger partial charge on any atom is -0.353 e. The molecule has 1 aromatic carbocycles. The lowest BCUT2D eigenvalue weighted by atomic mass is 10.1. The lowest BCUT2D eigenvalue weighted by Gasteiger charge is -2.23. The van der Waals surface area contributed by atoms with Crippen molar-refractivity contribution in [2.75, 3.05) is 31.1 Å². The Hall–Kier alpha value is -2.53. The fourth-order valence-corrected chi connectivity index (χ4v) is 3.61. The average Bonchev–Trinajstić information content (AvgIpc) is 2.83. The van der Waals surface area contributed by atoms with E-state index in [1.54, 1.807) is 6.33 Å². The number of hydrogen-bond donors (Lipinski definition) is 0. The molecule has 0 aliphatic carbocycles. The van der Waals surface area contributed by atoms with Crippen LogP contribution in [0.15, 0.2) is 55.0 Å². The van der Waals surface area contributed by atoms with E-state index in [9.17, 15) is 0 Å². The zero-order chi connectivity index (χ0) is 17.1. The summed E-state index contributed by atoms with van der Waals surface area (Å²) in [5, 5.41) is 0. The standard InChI is InChI=1S/C20H23N5/c1-16-12-24(14-17-6-3-2-4-7-17)10-11-25(13-16)20-19-18(22-15-23-20)8-5-9-21-19/h2-9,15-16H,10-14H2,1H3. The molecule has 0 N–H and O–H groups in total. The molecule has 1 atom stereocenters. The first kappa shape index (κ1) is 16.0. The number of nitrogens with zero attached hydrogens (tertiary/aromatic N) is 5. The number of fused-ring (bicyclic) bond motifs is 1. The van der Waals surface area contributed by atoms with Gasteiger partial charge >= 0.3 is 0 Å². The maximum atomic E-state index is 4.55. The van der Waals surface area contributed by atoms with Crippen LogP contribution in [-0.2, 0) is 6.54 Å². The molecule has 128 valence electrons. The SMILES string of the molecule is CC1CN(Cc2ccccc2)CCN(c2ncnc3cccnc23)C1. The van der Waals surface area contributed by atoms with Crippen molar-refractivity contribution in [2.24, 2.45) is 5.92 Å². The third-order valence-electron chi connectivity index (χ3n) is 4.71. The fraction of sp³-hybridized carbons (Fsp3) is 0.350. The van der Waals surface area contributed by atoms with E-state index in [4.69, 9.17) is 0 Å². The first-order valence-corrected chi connectivity index (χ1v) is 8.86. The molecule has 0 bridgehead atoms. The Morgan fingerprint density at radius 1 is 0.960 bits per heavy atom. The minimum atomic E-state index is 0.569. The van der Waals surface area contributed by atoms with Crippen LogP contribution in [0.3, 0.4) is 0 Å². The molecular formula is C20H23N5. The van der Waals surface area contributed by atoms with Crippen molar-refractivity contribution in [1.82, 2.24) is 19.9 Å². The molecule has 1 saturated heterocycles. The van der Waals surface area contributed by atoms with Crippen LogP contribution in [0.1, 0.15) is 12.5 Å². The van der Waals surface area contributed by atoms with E-state index >= 15 is 0 Å². The molecule has 3 heterocycles. The van der Waals surface area contributed by atoms with Crippen LogP contribution in [0.2, 0.25) is 0 Å². The highest BCUT2D eigenvalue weighted by Crippen LogP contribution is 2.23. The summed E-state index contributed by atoms with van der Waals surface area (Å²) in [5.74, 6) is 1.53. The predicted molar refractivity (Wildman–Crippen MR) is 100 cm³/mol. The van der Waals surface area contributed by atoms with Gasteiger partial charge in [0.25, 0.3) is 0 Å². The zero-order valence-corrected chi connectivity index (χ0v) is 14.5. The van der Waals surface area contributed by atoms with E-state index < -0.39 is 0 Å². The van der Waals surface area contributed by atoms with Gasteiger partial charge in [-0.05, 0) is 23.6 Å². The highest BCUT2D eigenvalue weighted by Gasteiger charge is 2.22. The zero-order valence-electron chi connectivity index (χ0n) is 14.5. The van der Waals surface area contributed by atoms with Gasteiger partial charge in [0.15, 0.2) is 5.82 Å². The van der Waals surface area contributed by atoms with Gasteiger partial charge in [-0.2, -0.15) is 0 Å². The monoisotopic (exact) mass is 333 g/mol. The Balaban J connectivity index is 1.54. The van der Waals surface area contributed by atoms with E-state index in [0.717, 1.165) is 49.6 Å². The quantitative estimate of drug-likeness (QED) is 0.737. The van der Waals surface area contributed by atoms with Gasteiger partial charge in [0.05, 0.1) is 5.52 Å². The Kier molecular flexibility index (Phi) is 4.57. The summed E-state index contributed by atoms with van der Waals surface area (Å²) in [7, 11) is 0. The van der Waals surface area contributed by atoms with E-state index in [2.05, 4.69) is 62.0 Å². The largest absolute Gasteiger partial charge is 0.353 e. The van der Waals surface area contributed by atoms with Gasteiger partial charge in [-0.25, -0.2) is 9.97 Å². The molecule has 2 aromatic heterocycles. The summed E-state index contributed by atoms with van der Waals surface area (Å²) in [6.45, 7) is 7.39. The summed E-state index contributed by atoms with van der Waals surface area (Å²) in [6.07, 6.45) is 3.47. The van der Waals surface area contributed by atoms with E-state index in [0.29, 0.717) is 5.92 Å². The molecule has 0 saturated carbocycles. The summed E-state index contributed by atoms with van der Waals surface area (Å²) in [6, 6.07) is 14.6. The molecule has 1 fully saturated rings. The average molecular weight is 333 g/mol. The number of benzene rings is 1. The first-order chi connectivity index (χ1) is 12.3. The van der Waals surface area contributed by atoms with Gasteiger partial charge in [0, 0.05) is 38.9 Å². The smallest absolute Gasteiger partial charge is 0.158 e. The molecule has 0 radical (unpaired) electrons. The summed E-state index contributed by atoms with van der Waals surface area (Å²) >= 11 is 0.